The Balaban J connectivity index is 1.83. The minimum Gasteiger partial charge on any atom is -0.478 e. The number of nitrogens with one attached hydrogen (secondary N) is 1. The number of nitrogens with zero attached hydrogens (tertiary/aromatic N) is 1. The molecule has 1 aliphatic carbocycles. The average molecular weight is 276 g/mol. The lowest BCUT2D eigenvalue weighted by Crippen LogP contribution is -2.36. The van der Waals surface area contributed by atoms with Crippen LogP contribution >= 0.6 is 0 Å². The number of hydrogen-bond donors (Lipinski definition) is 1. The molecular formula is C16H24N2O2. The quantitative estimate of drug-likeness (QED) is 0.811. The van der Waals surface area contributed by atoms with Crippen LogP contribution in [0.2, 0.25) is 0 Å². The molecule has 1 saturated carbocycles. The molecule has 4 heteroatoms. The summed E-state index contributed by atoms with van der Waals surface area (Å²) in [5, 5.41) is 3.09. The molecule has 0 unspecified atom stereocenters. The summed E-state index contributed by atoms with van der Waals surface area (Å²) in [6.45, 7) is 2.80. The van der Waals surface area contributed by atoms with Crippen LogP contribution in [0.1, 0.15) is 62.2 Å². The molecule has 1 fully saturated rings. The zero-order valence-corrected chi connectivity index (χ0v) is 12.2. The van der Waals surface area contributed by atoms with Crippen molar-refractivity contribution in [2.75, 3.05) is 6.61 Å². The van der Waals surface area contributed by atoms with Gasteiger partial charge in [0.15, 0.2) is 0 Å². The van der Waals surface area contributed by atoms with Gasteiger partial charge in [-0.3, -0.25) is 4.79 Å². The van der Waals surface area contributed by atoms with Crippen molar-refractivity contribution >= 4 is 5.91 Å². The molecule has 110 valence electrons. The number of rotatable bonds is 6. The first-order valence-corrected chi connectivity index (χ1v) is 7.69. The van der Waals surface area contributed by atoms with E-state index in [-0.39, 0.29) is 5.91 Å². The third-order valence-electron chi connectivity index (χ3n) is 3.69. The van der Waals surface area contributed by atoms with E-state index in [0.717, 1.165) is 25.7 Å². The molecule has 1 heterocycles. The van der Waals surface area contributed by atoms with Crippen molar-refractivity contribution in [3.05, 3.63) is 23.9 Å². The minimum absolute atomic E-state index is 0.0236. The molecule has 4 nitrogen and oxygen atoms in total. The van der Waals surface area contributed by atoms with Crippen LogP contribution in [0.25, 0.3) is 0 Å². The van der Waals surface area contributed by atoms with Crippen LogP contribution in [0.5, 0.6) is 5.88 Å². The van der Waals surface area contributed by atoms with Gasteiger partial charge in [-0.05, 0) is 25.3 Å². The summed E-state index contributed by atoms with van der Waals surface area (Å²) in [5.41, 5.74) is 0.610. The summed E-state index contributed by atoms with van der Waals surface area (Å²) < 4.78 is 5.49. The van der Waals surface area contributed by atoms with Gasteiger partial charge in [-0.25, -0.2) is 4.98 Å². The molecule has 1 aliphatic rings. The van der Waals surface area contributed by atoms with Crippen molar-refractivity contribution in [3.63, 3.8) is 0 Å². The zero-order chi connectivity index (χ0) is 14.2. The molecule has 1 aromatic rings. The second kappa shape index (κ2) is 7.88. The monoisotopic (exact) mass is 276 g/mol. The second-order valence-electron chi connectivity index (χ2n) is 5.40. The molecular weight excluding hydrogens is 252 g/mol. The second-order valence-corrected chi connectivity index (χ2v) is 5.40. The maximum Gasteiger partial charge on any atom is 0.253 e. The van der Waals surface area contributed by atoms with E-state index in [4.69, 9.17) is 4.74 Å². The fourth-order valence-corrected chi connectivity index (χ4v) is 2.44. The Bertz CT molecular complexity index is 411. The van der Waals surface area contributed by atoms with Gasteiger partial charge in [-0.1, -0.05) is 32.6 Å². The number of carbonyl (C=O) groups is 1. The van der Waals surface area contributed by atoms with Gasteiger partial charge in [-0.2, -0.15) is 0 Å². The summed E-state index contributed by atoms with van der Waals surface area (Å²) in [6, 6.07) is 3.88. The summed E-state index contributed by atoms with van der Waals surface area (Å²) in [7, 11) is 0. The number of ether oxygens (including phenoxy) is 1. The van der Waals surface area contributed by atoms with Gasteiger partial charge in [-0.15, -0.1) is 0 Å². The lowest BCUT2D eigenvalue weighted by molar-refractivity contribution is 0.0927. The topological polar surface area (TPSA) is 51.2 Å². The van der Waals surface area contributed by atoms with Crippen molar-refractivity contribution in [3.8, 4) is 5.88 Å². The van der Waals surface area contributed by atoms with E-state index in [1.807, 2.05) is 0 Å². The first kappa shape index (κ1) is 14.8. The highest BCUT2D eigenvalue weighted by Gasteiger charge is 2.16. The van der Waals surface area contributed by atoms with Crippen LogP contribution < -0.4 is 10.1 Å². The third kappa shape index (κ3) is 4.51. The van der Waals surface area contributed by atoms with Crippen LogP contribution in [0.3, 0.4) is 0 Å². The Morgan fingerprint density at radius 3 is 2.80 bits per heavy atom. The largest absolute Gasteiger partial charge is 0.478 e. The van der Waals surface area contributed by atoms with Crippen LogP contribution in [0, 0.1) is 0 Å². The zero-order valence-electron chi connectivity index (χ0n) is 12.2. The number of unbranched alkanes of at least 4 members (excludes halogenated alkanes) is 1. The standard InChI is InChI=1S/C16H24N2O2/c1-2-3-11-20-15-10-9-13(12-17-15)16(19)18-14-7-5-4-6-8-14/h9-10,12,14H,2-8,11H2,1H3,(H,18,19). The molecule has 0 aromatic carbocycles. The lowest BCUT2D eigenvalue weighted by atomic mass is 9.95. The fourth-order valence-electron chi connectivity index (χ4n) is 2.44. The van der Waals surface area contributed by atoms with E-state index in [9.17, 15) is 4.79 Å². The molecule has 0 bridgehead atoms. The van der Waals surface area contributed by atoms with E-state index in [1.54, 1.807) is 18.3 Å². The SMILES string of the molecule is CCCCOc1ccc(C(=O)NC2CCCCC2)cn1. The average Bonchev–Trinajstić information content (AvgIpc) is 2.49. The molecule has 0 radical (unpaired) electrons. The van der Waals surface area contributed by atoms with Gasteiger partial charge in [0.25, 0.3) is 5.91 Å². The van der Waals surface area contributed by atoms with Gasteiger partial charge < -0.3 is 10.1 Å². The number of aromatic nitrogens is 1. The summed E-state index contributed by atoms with van der Waals surface area (Å²) in [5.74, 6) is 0.567. The predicted octanol–water partition coefficient (Wildman–Crippen LogP) is 3.32. The van der Waals surface area contributed by atoms with Crippen LogP contribution in [-0.4, -0.2) is 23.5 Å². The summed E-state index contributed by atoms with van der Waals surface area (Å²) in [6.07, 6.45) is 9.63. The highest BCUT2D eigenvalue weighted by atomic mass is 16.5. The molecule has 1 N–H and O–H groups in total. The number of carbonyl (C=O) groups excluding carboxylic acids is 1. The van der Waals surface area contributed by atoms with Crippen LogP contribution in [0.4, 0.5) is 0 Å². The molecule has 20 heavy (non-hydrogen) atoms. The van der Waals surface area contributed by atoms with Crippen molar-refractivity contribution in [1.29, 1.82) is 0 Å². The normalized spacial score (nSPS) is 15.8. The number of pyridine rings is 1. The van der Waals surface area contributed by atoms with E-state index in [2.05, 4.69) is 17.2 Å². The Kier molecular flexibility index (Phi) is 5.84. The molecule has 0 spiro atoms. The van der Waals surface area contributed by atoms with Gasteiger partial charge in [0.2, 0.25) is 5.88 Å². The van der Waals surface area contributed by atoms with Gasteiger partial charge in [0, 0.05) is 18.3 Å². The highest BCUT2D eigenvalue weighted by Crippen LogP contribution is 2.18. The summed E-state index contributed by atoms with van der Waals surface area (Å²) >= 11 is 0. The Morgan fingerprint density at radius 1 is 1.35 bits per heavy atom. The van der Waals surface area contributed by atoms with E-state index in [1.165, 1.54) is 19.3 Å². The van der Waals surface area contributed by atoms with Crippen LogP contribution in [0.15, 0.2) is 18.3 Å². The predicted molar refractivity (Wildman–Crippen MR) is 79.0 cm³/mol. The fraction of sp³-hybridized carbons (Fsp3) is 0.625. The lowest BCUT2D eigenvalue weighted by Gasteiger charge is -2.22. The first-order chi connectivity index (χ1) is 9.79. The Morgan fingerprint density at radius 2 is 2.15 bits per heavy atom. The van der Waals surface area contributed by atoms with Gasteiger partial charge in [0.05, 0.1) is 12.2 Å². The molecule has 1 aromatic heterocycles. The number of amides is 1. The Labute approximate surface area is 120 Å². The maximum absolute atomic E-state index is 12.1. The molecule has 0 aliphatic heterocycles. The van der Waals surface area contributed by atoms with Crippen molar-refractivity contribution in [2.45, 2.75) is 57.9 Å². The maximum atomic E-state index is 12.1. The Hall–Kier alpha value is -1.58. The highest BCUT2D eigenvalue weighted by molar-refractivity contribution is 5.94. The van der Waals surface area contributed by atoms with Crippen molar-refractivity contribution in [2.24, 2.45) is 0 Å². The van der Waals surface area contributed by atoms with Gasteiger partial charge in [0.1, 0.15) is 0 Å². The molecule has 1 amide bonds. The van der Waals surface area contributed by atoms with Crippen molar-refractivity contribution in [1.82, 2.24) is 10.3 Å². The molecule has 0 atom stereocenters. The third-order valence-corrected chi connectivity index (χ3v) is 3.69. The molecule has 2 rings (SSSR count). The minimum atomic E-state index is -0.0236. The first-order valence-electron chi connectivity index (χ1n) is 7.69. The van der Waals surface area contributed by atoms with E-state index >= 15 is 0 Å². The molecule has 0 saturated heterocycles. The van der Waals surface area contributed by atoms with Gasteiger partial charge >= 0.3 is 0 Å². The van der Waals surface area contributed by atoms with Crippen molar-refractivity contribution < 1.29 is 9.53 Å². The summed E-state index contributed by atoms with van der Waals surface area (Å²) in [4.78, 5) is 16.3. The van der Waals surface area contributed by atoms with Crippen LogP contribution in [-0.2, 0) is 0 Å². The number of hydrogen-bond acceptors (Lipinski definition) is 3. The van der Waals surface area contributed by atoms with E-state index < -0.39 is 0 Å². The smallest absolute Gasteiger partial charge is 0.253 e. The van der Waals surface area contributed by atoms with E-state index in [0.29, 0.717) is 24.1 Å².